The van der Waals surface area contributed by atoms with Crippen molar-refractivity contribution >= 4 is 28.9 Å². The number of hydrogen-bond donors (Lipinski definition) is 1. The average Bonchev–Trinajstić information content (AvgIpc) is 2.73. The molecular weight excluding hydrogens is 277 g/mol. The molecule has 6 heteroatoms. The first-order chi connectivity index (χ1) is 8.54. The van der Waals surface area contributed by atoms with Crippen LogP contribution >= 0.6 is 22.9 Å². The maximum Gasteiger partial charge on any atom is 0.303 e. The number of hydrogen-bond acceptors (Lipinski definition) is 3. The van der Waals surface area contributed by atoms with Crippen LogP contribution in [0, 0.1) is 5.82 Å². The molecule has 0 radical (unpaired) electrons. The molecule has 0 fully saturated rings. The Morgan fingerprint density at radius 3 is 2.89 bits per heavy atom. The van der Waals surface area contributed by atoms with E-state index in [9.17, 15) is 9.18 Å². The minimum atomic E-state index is -0.863. The lowest BCUT2D eigenvalue weighted by Gasteiger charge is -1.98. The van der Waals surface area contributed by atoms with Crippen LogP contribution in [0.2, 0.25) is 5.02 Å². The zero-order chi connectivity index (χ0) is 13.1. The Morgan fingerprint density at radius 2 is 2.22 bits per heavy atom. The standard InChI is InChI=1S/C12H9ClFNO2S/c13-8-3-7(4-9(14)5-8)12-15-10(6-18-12)1-2-11(16)17/h3-6H,1-2H2,(H,16,17). The maximum atomic E-state index is 13.2. The molecular formula is C12H9ClFNO2S. The van der Waals surface area contributed by atoms with Gasteiger partial charge in [-0.05, 0) is 18.2 Å². The molecule has 0 saturated carbocycles. The van der Waals surface area contributed by atoms with Gasteiger partial charge >= 0.3 is 5.97 Å². The summed E-state index contributed by atoms with van der Waals surface area (Å²) < 4.78 is 13.2. The van der Waals surface area contributed by atoms with Crippen LogP contribution in [0.1, 0.15) is 12.1 Å². The lowest BCUT2D eigenvalue weighted by atomic mass is 10.2. The summed E-state index contributed by atoms with van der Waals surface area (Å²) in [5.74, 6) is -1.28. The second-order valence-corrected chi connectivity index (χ2v) is 4.99. The first-order valence-corrected chi connectivity index (χ1v) is 6.43. The Balaban J connectivity index is 2.21. The minimum Gasteiger partial charge on any atom is -0.481 e. The highest BCUT2D eigenvalue weighted by Crippen LogP contribution is 2.27. The van der Waals surface area contributed by atoms with E-state index in [4.69, 9.17) is 16.7 Å². The number of halogens is 2. The molecule has 0 saturated heterocycles. The van der Waals surface area contributed by atoms with Crippen molar-refractivity contribution in [2.75, 3.05) is 0 Å². The highest BCUT2D eigenvalue weighted by atomic mass is 35.5. The minimum absolute atomic E-state index is 0.0348. The number of benzene rings is 1. The smallest absolute Gasteiger partial charge is 0.303 e. The molecule has 18 heavy (non-hydrogen) atoms. The molecule has 2 rings (SSSR count). The Morgan fingerprint density at radius 1 is 1.44 bits per heavy atom. The number of aromatic nitrogens is 1. The van der Waals surface area contributed by atoms with Gasteiger partial charge in [-0.1, -0.05) is 11.6 Å². The van der Waals surface area contributed by atoms with Gasteiger partial charge in [0, 0.05) is 22.4 Å². The van der Waals surface area contributed by atoms with Crippen LogP contribution in [0.25, 0.3) is 10.6 Å². The van der Waals surface area contributed by atoms with Gasteiger partial charge in [-0.25, -0.2) is 9.37 Å². The van der Waals surface area contributed by atoms with E-state index in [0.717, 1.165) is 0 Å². The molecule has 1 aromatic carbocycles. The summed E-state index contributed by atoms with van der Waals surface area (Å²) in [4.78, 5) is 14.7. The number of rotatable bonds is 4. The van der Waals surface area contributed by atoms with Crippen molar-refractivity contribution in [3.63, 3.8) is 0 Å². The Bertz CT molecular complexity index is 565. The number of carboxylic acid groups (broad SMARTS) is 1. The number of nitrogens with zero attached hydrogens (tertiary/aromatic N) is 1. The van der Waals surface area contributed by atoms with Crippen molar-refractivity contribution in [2.24, 2.45) is 0 Å². The van der Waals surface area contributed by atoms with Gasteiger partial charge in [-0.15, -0.1) is 11.3 Å². The highest BCUT2D eigenvalue weighted by Gasteiger charge is 2.08. The van der Waals surface area contributed by atoms with E-state index in [-0.39, 0.29) is 6.42 Å². The van der Waals surface area contributed by atoms with E-state index in [1.807, 2.05) is 0 Å². The molecule has 1 aromatic heterocycles. The van der Waals surface area contributed by atoms with E-state index in [1.165, 1.54) is 23.5 Å². The van der Waals surface area contributed by atoms with Gasteiger partial charge in [0.1, 0.15) is 10.8 Å². The fourth-order valence-electron chi connectivity index (χ4n) is 1.47. The van der Waals surface area contributed by atoms with Crippen LogP contribution < -0.4 is 0 Å². The summed E-state index contributed by atoms with van der Waals surface area (Å²) in [6, 6.07) is 4.21. The molecule has 0 aliphatic heterocycles. The number of thiazole rings is 1. The Hall–Kier alpha value is -1.46. The molecule has 3 nitrogen and oxygen atoms in total. The zero-order valence-electron chi connectivity index (χ0n) is 9.19. The van der Waals surface area contributed by atoms with Gasteiger partial charge in [0.05, 0.1) is 12.1 Å². The molecule has 1 N–H and O–H groups in total. The molecule has 0 spiro atoms. The zero-order valence-corrected chi connectivity index (χ0v) is 10.8. The van der Waals surface area contributed by atoms with Gasteiger partial charge in [-0.2, -0.15) is 0 Å². The molecule has 94 valence electrons. The van der Waals surface area contributed by atoms with E-state index >= 15 is 0 Å². The van der Waals surface area contributed by atoms with Crippen molar-refractivity contribution in [1.29, 1.82) is 0 Å². The first-order valence-electron chi connectivity index (χ1n) is 5.17. The first kappa shape index (κ1) is 13.0. The third-order valence-corrected chi connectivity index (χ3v) is 3.41. The molecule has 0 aliphatic rings. The largest absolute Gasteiger partial charge is 0.481 e. The highest BCUT2D eigenvalue weighted by molar-refractivity contribution is 7.13. The fourth-order valence-corrected chi connectivity index (χ4v) is 2.53. The number of aliphatic carboxylic acids is 1. The molecule has 1 heterocycles. The lowest BCUT2D eigenvalue weighted by molar-refractivity contribution is -0.136. The van der Waals surface area contributed by atoms with Gasteiger partial charge < -0.3 is 5.11 Å². The predicted octanol–water partition coefficient (Wildman–Crippen LogP) is 3.62. The van der Waals surface area contributed by atoms with Crippen LogP contribution in [-0.4, -0.2) is 16.1 Å². The summed E-state index contributed by atoms with van der Waals surface area (Å²) >= 11 is 7.11. The van der Waals surface area contributed by atoms with E-state index in [0.29, 0.717) is 27.7 Å². The van der Waals surface area contributed by atoms with E-state index < -0.39 is 11.8 Å². The van der Waals surface area contributed by atoms with E-state index in [2.05, 4.69) is 4.98 Å². The summed E-state index contributed by atoms with van der Waals surface area (Å²) in [6.07, 6.45) is 0.405. The monoisotopic (exact) mass is 285 g/mol. The molecule has 0 unspecified atom stereocenters. The number of aryl methyl sites for hydroxylation is 1. The summed E-state index contributed by atoms with van der Waals surface area (Å²) in [5.41, 5.74) is 1.30. The van der Waals surface area contributed by atoms with Crippen LogP contribution in [-0.2, 0) is 11.2 Å². The molecule has 0 atom stereocenters. The third-order valence-electron chi connectivity index (χ3n) is 2.26. The predicted molar refractivity (Wildman–Crippen MR) is 68.5 cm³/mol. The van der Waals surface area contributed by atoms with Gasteiger partial charge in [-0.3, -0.25) is 4.79 Å². The SMILES string of the molecule is O=C(O)CCc1csc(-c2cc(F)cc(Cl)c2)n1. The molecule has 0 aliphatic carbocycles. The van der Waals surface area contributed by atoms with Crippen molar-refractivity contribution < 1.29 is 14.3 Å². The van der Waals surface area contributed by atoms with Crippen LogP contribution in [0.15, 0.2) is 23.6 Å². The van der Waals surface area contributed by atoms with Crippen molar-refractivity contribution in [3.05, 3.63) is 40.1 Å². The van der Waals surface area contributed by atoms with Crippen molar-refractivity contribution in [2.45, 2.75) is 12.8 Å². The van der Waals surface area contributed by atoms with Crippen molar-refractivity contribution in [3.8, 4) is 10.6 Å². The molecule has 2 aromatic rings. The number of carbonyl (C=O) groups is 1. The fraction of sp³-hybridized carbons (Fsp3) is 0.167. The quantitative estimate of drug-likeness (QED) is 0.933. The third kappa shape index (κ3) is 3.27. The average molecular weight is 286 g/mol. The van der Waals surface area contributed by atoms with Crippen LogP contribution in [0.5, 0.6) is 0 Å². The normalized spacial score (nSPS) is 10.6. The topological polar surface area (TPSA) is 50.2 Å². The van der Waals surface area contributed by atoms with Crippen molar-refractivity contribution in [1.82, 2.24) is 4.98 Å². The Labute approximate surface area is 112 Å². The second kappa shape index (κ2) is 5.46. The summed E-state index contributed by atoms with van der Waals surface area (Å²) in [7, 11) is 0. The Kier molecular flexibility index (Phi) is 3.93. The van der Waals surface area contributed by atoms with Crippen LogP contribution in [0.3, 0.4) is 0 Å². The summed E-state index contributed by atoms with van der Waals surface area (Å²) in [6.45, 7) is 0. The maximum absolute atomic E-state index is 13.2. The van der Waals surface area contributed by atoms with Gasteiger partial charge in [0.2, 0.25) is 0 Å². The number of carboxylic acids is 1. The van der Waals surface area contributed by atoms with Gasteiger partial charge in [0.15, 0.2) is 0 Å². The lowest BCUT2D eigenvalue weighted by Crippen LogP contribution is -1.97. The van der Waals surface area contributed by atoms with Gasteiger partial charge in [0.25, 0.3) is 0 Å². The molecule has 0 amide bonds. The van der Waals surface area contributed by atoms with Crippen LogP contribution in [0.4, 0.5) is 4.39 Å². The van der Waals surface area contributed by atoms with E-state index in [1.54, 1.807) is 11.4 Å². The molecule has 0 bridgehead atoms. The second-order valence-electron chi connectivity index (χ2n) is 3.70. The summed E-state index contributed by atoms with van der Waals surface area (Å²) in [5, 5.41) is 11.3.